The van der Waals surface area contributed by atoms with Crippen molar-refractivity contribution in [1.29, 1.82) is 0 Å². The van der Waals surface area contributed by atoms with Gasteiger partial charge < -0.3 is 5.32 Å². The predicted molar refractivity (Wildman–Crippen MR) is 88.3 cm³/mol. The van der Waals surface area contributed by atoms with Crippen molar-refractivity contribution in [2.24, 2.45) is 0 Å². The van der Waals surface area contributed by atoms with Gasteiger partial charge >= 0.3 is 0 Å². The van der Waals surface area contributed by atoms with Gasteiger partial charge in [0.2, 0.25) is 5.91 Å². The number of carbonyl (C=O) groups is 1. The Morgan fingerprint density at radius 1 is 1.50 bits per heavy atom. The molecule has 0 aliphatic carbocycles. The van der Waals surface area contributed by atoms with Crippen molar-refractivity contribution in [3.05, 3.63) is 45.4 Å². The number of thioether (sulfide) groups is 1. The summed E-state index contributed by atoms with van der Waals surface area (Å²) in [5.74, 6) is 0.410. The zero-order valence-electron chi connectivity index (χ0n) is 11.2. The lowest BCUT2D eigenvalue weighted by Gasteiger charge is -2.15. The van der Waals surface area contributed by atoms with Gasteiger partial charge in [0, 0.05) is 15.5 Å². The largest absolute Gasteiger partial charge is 0.349 e. The lowest BCUT2D eigenvalue weighted by Crippen LogP contribution is -2.28. The van der Waals surface area contributed by atoms with Gasteiger partial charge in [0.15, 0.2) is 4.34 Å². The monoisotopic (exact) mass is 370 g/mol. The Morgan fingerprint density at radius 3 is 2.90 bits per heavy atom. The van der Waals surface area contributed by atoms with Gasteiger partial charge in [-0.15, -0.1) is 11.3 Å². The van der Waals surface area contributed by atoms with Gasteiger partial charge in [-0.1, -0.05) is 45.9 Å². The summed E-state index contributed by atoms with van der Waals surface area (Å²) in [5, 5.41) is 4.99. The molecule has 2 rings (SSSR count). The van der Waals surface area contributed by atoms with E-state index in [2.05, 4.69) is 26.2 Å². The third-order valence-corrected chi connectivity index (χ3v) is 5.53. The molecule has 1 N–H and O–H groups in total. The molecule has 0 aliphatic rings. The molecule has 1 heterocycles. The van der Waals surface area contributed by atoms with Crippen LogP contribution in [0.1, 0.15) is 24.2 Å². The molecule has 1 unspecified atom stereocenters. The number of nitrogens with one attached hydrogen (secondary N) is 1. The van der Waals surface area contributed by atoms with Crippen LogP contribution < -0.4 is 5.32 Å². The van der Waals surface area contributed by atoms with Crippen molar-refractivity contribution >= 4 is 44.9 Å². The molecule has 6 heteroatoms. The number of nitrogens with zero attached hydrogens (tertiary/aromatic N) is 1. The van der Waals surface area contributed by atoms with E-state index in [0.29, 0.717) is 5.75 Å². The molecule has 1 aromatic carbocycles. The Morgan fingerprint density at radius 2 is 2.25 bits per heavy atom. The van der Waals surface area contributed by atoms with E-state index in [1.54, 1.807) is 11.3 Å². The van der Waals surface area contributed by atoms with Gasteiger partial charge in [0.1, 0.15) is 0 Å². The fourth-order valence-electron chi connectivity index (χ4n) is 1.71. The molecule has 0 radical (unpaired) electrons. The molecule has 20 heavy (non-hydrogen) atoms. The molecule has 0 aliphatic heterocycles. The number of hydrogen-bond acceptors (Lipinski definition) is 4. The zero-order chi connectivity index (χ0) is 14.5. The minimum Gasteiger partial charge on any atom is -0.349 e. The molecule has 1 aromatic heterocycles. The number of hydrogen-bond donors (Lipinski definition) is 1. The highest BCUT2D eigenvalue weighted by Gasteiger charge is 2.12. The summed E-state index contributed by atoms with van der Waals surface area (Å²) in [6.45, 7) is 3.94. The van der Waals surface area contributed by atoms with Crippen molar-refractivity contribution in [2.45, 2.75) is 24.2 Å². The van der Waals surface area contributed by atoms with E-state index in [1.807, 2.05) is 43.5 Å². The molecule has 0 saturated heterocycles. The van der Waals surface area contributed by atoms with Crippen LogP contribution in [0.25, 0.3) is 0 Å². The topological polar surface area (TPSA) is 42.0 Å². The van der Waals surface area contributed by atoms with Crippen LogP contribution in [0.5, 0.6) is 0 Å². The molecule has 0 bridgehead atoms. The summed E-state index contributed by atoms with van der Waals surface area (Å²) in [7, 11) is 0. The van der Waals surface area contributed by atoms with Crippen LogP contribution >= 0.6 is 39.0 Å². The van der Waals surface area contributed by atoms with Crippen LogP contribution in [0.2, 0.25) is 0 Å². The van der Waals surface area contributed by atoms with Crippen molar-refractivity contribution in [2.75, 3.05) is 5.75 Å². The highest BCUT2D eigenvalue weighted by atomic mass is 79.9. The first kappa shape index (κ1) is 15.5. The first-order valence-electron chi connectivity index (χ1n) is 6.15. The highest BCUT2D eigenvalue weighted by molar-refractivity contribution is 9.10. The summed E-state index contributed by atoms with van der Waals surface area (Å²) in [6.07, 6.45) is 0. The van der Waals surface area contributed by atoms with Crippen LogP contribution in [-0.4, -0.2) is 16.6 Å². The average Bonchev–Trinajstić information content (AvgIpc) is 2.82. The number of aryl methyl sites for hydroxylation is 1. The van der Waals surface area contributed by atoms with Gasteiger partial charge in [-0.05, 0) is 25.5 Å². The van der Waals surface area contributed by atoms with E-state index in [4.69, 9.17) is 0 Å². The van der Waals surface area contributed by atoms with E-state index >= 15 is 0 Å². The quantitative estimate of drug-likeness (QED) is 0.802. The normalized spacial score (nSPS) is 12.2. The SMILES string of the molecule is Cc1csc(SCC(=O)NC(C)c2ccccc2Br)n1. The fraction of sp³-hybridized carbons (Fsp3) is 0.286. The van der Waals surface area contributed by atoms with Crippen LogP contribution in [-0.2, 0) is 4.79 Å². The fourth-order valence-corrected chi connectivity index (χ4v) is 4.00. The number of thiazole rings is 1. The molecular weight excluding hydrogens is 356 g/mol. The Hall–Kier alpha value is -0.850. The minimum absolute atomic E-state index is 0.0169. The van der Waals surface area contributed by atoms with Gasteiger partial charge in [-0.3, -0.25) is 4.79 Å². The minimum atomic E-state index is -0.0169. The van der Waals surface area contributed by atoms with Crippen molar-refractivity contribution < 1.29 is 4.79 Å². The van der Waals surface area contributed by atoms with E-state index in [-0.39, 0.29) is 11.9 Å². The number of halogens is 1. The van der Waals surface area contributed by atoms with E-state index in [9.17, 15) is 4.79 Å². The lowest BCUT2D eigenvalue weighted by atomic mass is 10.1. The van der Waals surface area contributed by atoms with Gasteiger partial charge in [-0.25, -0.2) is 4.98 Å². The molecular formula is C14H15BrN2OS2. The van der Waals surface area contributed by atoms with E-state index in [1.165, 1.54) is 11.8 Å². The summed E-state index contributed by atoms with van der Waals surface area (Å²) < 4.78 is 1.95. The third-order valence-electron chi connectivity index (χ3n) is 2.67. The molecule has 0 fully saturated rings. The van der Waals surface area contributed by atoms with Crippen LogP contribution in [0.15, 0.2) is 38.5 Å². The first-order valence-corrected chi connectivity index (χ1v) is 8.81. The predicted octanol–water partition coefficient (Wildman–Crippen LogP) is 4.18. The van der Waals surface area contributed by atoms with Gasteiger partial charge in [0.25, 0.3) is 0 Å². The van der Waals surface area contributed by atoms with Gasteiger partial charge in [0.05, 0.1) is 11.8 Å². The number of aromatic nitrogens is 1. The number of amides is 1. The maximum Gasteiger partial charge on any atom is 0.230 e. The summed E-state index contributed by atoms with van der Waals surface area (Å²) in [5.41, 5.74) is 2.08. The van der Waals surface area contributed by atoms with Crippen molar-refractivity contribution in [3.63, 3.8) is 0 Å². The summed E-state index contributed by atoms with van der Waals surface area (Å²) in [4.78, 5) is 16.3. The second-order valence-electron chi connectivity index (χ2n) is 4.35. The van der Waals surface area contributed by atoms with Crippen LogP contribution in [0.3, 0.4) is 0 Å². The van der Waals surface area contributed by atoms with Crippen molar-refractivity contribution in [3.8, 4) is 0 Å². The molecule has 3 nitrogen and oxygen atoms in total. The summed E-state index contributed by atoms with van der Waals surface area (Å²) in [6, 6.07) is 7.90. The Kier molecular flexibility index (Phi) is 5.63. The second-order valence-corrected chi connectivity index (χ2v) is 7.29. The zero-order valence-corrected chi connectivity index (χ0v) is 14.4. The Balaban J connectivity index is 1.87. The lowest BCUT2D eigenvalue weighted by molar-refractivity contribution is -0.119. The van der Waals surface area contributed by atoms with Gasteiger partial charge in [-0.2, -0.15) is 0 Å². The standard InChI is InChI=1S/C14H15BrN2OS2/c1-9-7-19-14(16-9)20-8-13(18)17-10(2)11-5-3-4-6-12(11)15/h3-7,10H,8H2,1-2H3,(H,17,18). The maximum absolute atomic E-state index is 11.9. The average molecular weight is 371 g/mol. The van der Waals surface area contributed by atoms with Crippen LogP contribution in [0, 0.1) is 6.92 Å². The van der Waals surface area contributed by atoms with Crippen LogP contribution in [0.4, 0.5) is 0 Å². The second kappa shape index (κ2) is 7.24. The van der Waals surface area contributed by atoms with E-state index < -0.39 is 0 Å². The number of carbonyl (C=O) groups excluding carboxylic acids is 1. The Labute approximate surface area is 135 Å². The molecule has 106 valence electrons. The molecule has 1 atom stereocenters. The molecule has 0 spiro atoms. The molecule has 1 amide bonds. The van der Waals surface area contributed by atoms with E-state index in [0.717, 1.165) is 20.1 Å². The number of rotatable bonds is 5. The number of benzene rings is 1. The first-order chi connectivity index (χ1) is 9.56. The molecule has 0 saturated carbocycles. The van der Waals surface area contributed by atoms with Crippen molar-refractivity contribution in [1.82, 2.24) is 10.3 Å². The Bertz CT molecular complexity index is 600. The highest BCUT2D eigenvalue weighted by Crippen LogP contribution is 2.24. The molecule has 2 aromatic rings. The summed E-state index contributed by atoms with van der Waals surface area (Å²) >= 11 is 6.55. The smallest absolute Gasteiger partial charge is 0.230 e. The maximum atomic E-state index is 11.9. The third kappa shape index (κ3) is 4.33.